The van der Waals surface area contributed by atoms with Gasteiger partial charge in [0.1, 0.15) is 11.6 Å². The Morgan fingerprint density at radius 1 is 1.12 bits per heavy atom. The van der Waals surface area contributed by atoms with Gasteiger partial charge in [0, 0.05) is 51.9 Å². The quantitative estimate of drug-likeness (QED) is 0.483. The number of aryl methyl sites for hydroxylation is 2. The highest BCUT2D eigenvalue weighted by Gasteiger charge is 2.29. The maximum absolute atomic E-state index is 15.3. The average molecular weight is 548 g/mol. The number of hydroxylamine groups is 2. The molecule has 2 aliphatic heterocycles. The van der Waals surface area contributed by atoms with Gasteiger partial charge in [-0.2, -0.15) is 5.10 Å². The molecule has 1 aliphatic carbocycles. The summed E-state index contributed by atoms with van der Waals surface area (Å²) >= 11 is 0. The van der Waals surface area contributed by atoms with Crippen LogP contribution in [0.1, 0.15) is 39.9 Å². The molecule has 11 heteroatoms. The van der Waals surface area contributed by atoms with E-state index in [1.165, 1.54) is 25.0 Å². The van der Waals surface area contributed by atoms with Crippen molar-refractivity contribution in [2.45, 2.75) is 32.9 Å². The number of amides is 2. The van der Waals surface area contributed by atoms with Crippen LogP contribution in [-0.2, 0) is 25.0 Å². The SMILES string of the molecule is Cc1ccc2c(c1)Nc1c(cnn1C)CN2C(=O)c1ccc(CNC(=O)ON2CCN(CC3CC3)CC2)cc1F. The van der Waals surface area contributed by atoms with Crippen LogP contribution in [0.15, 0.2) is 42.6 Å². The number of halogens is 1. The van der Waals surface area contributed by atoms with Crippen LogP contribution >= 0.6 is 0 Å². The molecule has 2 N–H and O–H groups in total. The first-order valence-corrected chi connectivity index (χ1v) is 13.8. The second-order valence-electron chi connectivity index (χ2n) is 10.9. The van der Waals surface area contributed by atoms with E-state index in [-0.39, 0.29) is 18.7 Å². The molecule has 1 saturated heterocycles. The molecule has 1 aromatic heterocycles. The topological polar surface area (TPSA) is 95.0 Å². The summed E-state index contributed by atoms with van der Waals surface area (Å²) in [5.41, 5.74) is 3.75. The number of piperazine rings is 1. The Morgan fingerprint density at radius 2 is 1.93 bits per heavy atom. The molecule has 0 spiro atoms. The zero-order chi connectivity index (χ0) is 27.8. The Hall–Kier alpha value is -3.96. The zero-order valence-corrected chi connectivity index (χ0v) is 22.8. The van der Waals surface area contributed by atoms with Gasteiger partial charge in [0.05, 0.1) is 29.7 Å². The van der Waals surface area contributed by atoms with Gasteiger partial charge in [0.2, 0.25) is 0 Å². The fraction of sp³-hybridized carbons (Fsp3) is 0.414. The van der Waals surface area contributed by atoms with Crippen molar-refractivity contribution < 1.29 is 18.8 Å². The number of nitrogens with one attached hydrogen (secondary N) is 2. The van der Waals surface area contributed by atoms with Gasteiger partial charge in [-0.1, -0.05) is 12.1 Å². The Balaban J connectivity index is 1.09. The van der Waals surface area contributed by atoms with Crippen molar-refractivity contribution in [2.24, 2.45) is 13.0 Å². The zero-order valence-electron chi connectivity index (χ0n) is 22.8. The number of anilines is 3. The minimum absolute atomic E-state index is 0.0470. The van der Waals surface area contributed by atoms with Crippen LogP contribution in [0.4, 0.5) is 26.4 Å². The predicted molar refractivity (Wildman–Crippen MR) is 149 cm³/mol. The molecule has 0 unspecified atom stereocenters. The van der Waals surface area contributed by atoms with Crippen LogP contribution in [0.3, 0.4) is 0 Å². The molecule has 3 aliphatic rings. The lowest BCUT2D eigenvalue weighted by molar-refractivity contribution is -0.123. The van der Waals surface area contributed by atoms with E-state index < -0.39 is 17.8 Å². The second-order valence-corrected chi connectivity index (χ2v) is 10.9. The highest BCUT2D eigenvalue weighted by atomic mass is 19.1. The van der Waals surface area contributed by atoms with Crippen molar-refractivity contribution >= 4 is 29.2 Å². The van der Waals surface area contributed by atoms with E-state index in [0.717, 1.165) is 48.2 Å². The number of aromatic nitrogens is 2. The minimum Gasteiger partial charge on any atom is -0.351 e. The van der Waals surface area contributed by atoms with E-state index in [0.29, 0.717) is 24.3 Å². The number of carbonyl (C=O) groups is 2. The normalized spacial score (nSPS) is 17.4. The molecule has 0 radical (unpaired) electrons. The van der Waals surface area contributed by atoms with E-state index >= 15 is 4.39 Å². The molecule has 6 rings (SSSR count). The summed E-state index contributed by atoms with van der Waals surface area (Å²) in [6.07, 6.45) is 3.78. The molecule has 1 saturated carbocycles. The fourth-order valence-electron chi connectivity index (χ4n) is 5.29. The molecule has 10 nitrogen and oxygen atoms in total. The van der Waals surface area contributed by atoms with Crippen LogP contribution < -0.4 is 15.5 Å². The summed E-state index contributed by atoms with van der Waals surface area (Å²) in [7, 11) is 1.83. The highest BCUT2D eigenvalue weighted by molar-refractivity contribution is 6.08. The van der Waals surface area contributed by atoms with Gasteiger partial charge in [0.25, 0.3) is 5.91 Å². The van der Waals surface area contributed by atoms with Gasteiger partial charge in [-0.05, 0) is 61.1 Å². The third-order valence-electron chi connectivity index (χ3n) is 7.74. The first-order chi connectivity index (χ1) is 19.3. The van der Waals surface area contributed by atoms with Crippen molar-refractivity contribution in [3.05, 3.63) is 70.7 Å². The Bertz CT molecular complexity index is 1430. The molecule has 40 heavy (non-hydrogen) atoms. The summed E-state index contributed by atoms with van der Waals surface area (Å²) < 4.78 is 17.0. The largest absolute Gasteiger partial charge is 0.426 e. The lowest BCUT2D eigenvalue weighted by Crippen LogP contribution is -2.48. The van der Waals surface area contributed by atoms with Gasteiger partial charge in [-0.15, -0.1) is 5.06 Å². The van der Waals surface area contributed by atoms with Crippen LogP contribution in [0, 0.1) is 18.7 Å². The van der Waals surface area contributed by atoms with E-state index in [1.807, 2.05) is 32.2 Å². The molecule has 210 valence electrons. The number of fused-ring (bicyclic) bond motifs is 2. The highest BCUT2D eigenvalue weighted by Crippen LogP contribution is 2.37. The molecule has 2 amide bonds. The first-order valence-electron chi connectivity index (χ1n) is 13.8. The van der Waals surface area contributed by atoms with Crippen LogP contribution in [0.2, 0.25) is 0 Å². The Kier molecular flexibility index (Phi) is 7.16. The van der Waals surface area contributed by atoms with E-state index in [2.05, 4.69) is 20.6 Å². The number of rotatable bonds is 6. The number of carbonyl (C=O) groups excluding carboxylic acids is 2. The second kappa shape index (κ2) is 10.9. The number of benzene rings is 2. The van der Waals surface area contributed by atoms with Gasteiger partial charge in [-0.25, -0.2) is 9.18 Å². The third-order valence-corrected chi connectivity index (χ3v) is 7.74. The van der Waals surface area contributed by atoms with Gasteiger partial charge < -0.3 is 25.3 Å². The van der Waals surface area contributed by atoms with Crippen molar-refractivity contribution in [3.63, 3.8) is 0 Å². The van der Waals surface area contributed by atoms with Crippen LogP contribution in [0.25, 0.3) is 0 Å². The maximum Gasteiger partial charge on any atom is 0.426 e. The lowest BCUT2D eigenvalue weighted by atomic mass is 10.1. The average Bonchev–Trinajstić information content (AvgIpc) is 3.72. The van der Waals surface area contributed by atoms with Crippen molar-refractivity contribution in [3.8, 4) is 0 Å². The van der Waals surface area contributed by atoms with Crippen LogP contribution in [-0.4, -0.2) is 64.5 Å². The fourth-order valence-corrected chi connectivity index (χ4v) is 5.29. The van der Waals surface area contributed by atoms with Crippen LogP contribution in [0.5, 0.6) is 0 Å². The molecular formula is C29H34FN7O3. The summed E-state index contributed by atoms with van der Waals surface area (Å²) in [5.74, 6) is 0.520. The molecule has 0 atom stereocenters. The number of hydrogen-bond acceptors (Lipinski definition) is 7. The smallest absolute Gasteiger partial charge is 0.351 e. The summed E-state index contributed by atoms with van der Waals surface area (Å²) in [6.45, 7) is 6.53. The predicted octanol–water partition coefficient (Wildman–Crippen LogP) is 3.94. The molecular weight excluding hydrogens is 513 g/mol. The first kappa shape index (κ1) is 26.3. The lowest BCUT2D eigenvalue weighted by Gasteiger charge is -2.33. The van der Waals surface area contributed by atoms with E-state index in [4.69, 9.17) is 4.84 Å². The monoisotopic (exact) mass is 547 g/mol. The van der Waals surface area contributed by atoms with E-state index in [1.54, 1.807) is 26.9 Å². The van der Waals surface area contributed by atoms with Crippen molar-refractivity contribution in [2.75, 3.05) is 42.9 Å². The molecule has 0 bridgehead atoms. The minimum atomic E-state index is -0.651. The standard InChI is InChI=1S/C29H34FN7O3/c1-19-3-8-26-25(13-19)33-27-22(16-32-34(27)2)18-37(26)28(38)23-7-6-21(14-24(23)30)15-31-29(39)40-36-11-9-35(10-12-36)17-20-4-5-20/h3,6-8,13-14,16,20,33H,4-5,9-12,15,17-18H2,1-2H3,(H,31,39). The number of hydrogen-bond donors (Lipinski definition) is 2. The third kappa shape index (κ3) is 5.66. The number of nitrogens with zero attached hydrogens (tertiary/aromatic N) is 5. The maximum atomic E-state index is 15.3. The summed E-state index contributed by atoms with van der Waals surface area (Å²) in [5, 5.41) is 12.0. The molecule has 2 fully saturated rings. The molecule has 2 aromatic carbocycles. The van der Waals surface area contributed by atoms with Gasteiger partial charge in [0.15, 0.2) is 0 Å². The van der Waals surface area contributed by atoms with E-state index in [9.17, 15) is 9.59 Å². The summed E-state index contributed by atoms with van der Waals surface area (Å²) in [4.78, 5) is 35.4. The molecule has 3 aromatic rings. The Labute approximate surface area is 232 Å². The van der Waals surface area contributed by atoms with Gasteiger partial charge >= 0.3 is 6.09 Å². The molecule has 3 heterocycles. The Morgan fingerprint density at radius 3 is 2.67 bits per heavy atom. The van der Waals surface area contributed by atoms with Gasteiger partial charge in [-0.3, -0.25) is 9.48 Å². The van der Waals surface area contributed by atoms with Crippen molar-refractivity contribution in [1.82, 2.24) is 25.1 Å². The summed E-state index contributed by atoms with van der Waals surface area (Å²) in [6, 6.07) is 10.1. The van der Waals surface area contributed by atoms with Crippen molar-refractivity contribution in [1.29, 1.82) is 0 Å².